The van der Waals surface area contributed by atoms with Gasteiger partial charge in [0.05, 0.1) is 0 Å². The van der Waals surface area contributed by atoms with Gasteiger partial charge in [-0.2, -0.15) is 0 Å². The zero-order chi connectivity index (χ0) is 12.5. The van der Waals surface area contributed by atoms with Gasteiger partial charge in [-0.25, -0.2) is 0 Å². The zero-order valence-electron chi connectivity index (χ0n) is 9.48. The summed E-state index contributed by atoms with van der Waals surface area (Å²) in [7, 11) is 0. The van der Waals surface area contributed by atoms with Gasteiger partial charge < -0.3 is 10.6 Å². The summed E-state index contributed by atoms with van der Waals surface area (Å²) in [6.45, 7) is 0.556. The van der Waals surface area contributed by atoms with E-state index in [1.165, 1.54) is 0 Å². The van der Waals surface area contributed by atoms with Crippen LogP contribution in [0.15, 0.2) is 30.3 Å². The molecule has 4 nitrogen and oxygen atoms in total. The predicted molar refractivity (Wildman–Crippen MR) is 71.3 cm³/mol. The van der Waals surface area contributed by atoms with Crippen LogP contribution in [0.4, 0.5) is 10.5 Å². The Labute approximate surface area is 106 Å². The Bertz CT molecular complexity index is 368. The van der Waals surface area contributed by atoms with Crippen molar-refractivity contribution in [2.45, 2.75) is 19.3 Å². The van der Waals surface area contributed by atoms with Crippen LogP contribution in [-0.4, -0.2) is 17.7 Å². The van der Waals surface area contributed by atoms with E-state index in [0.29, 0.717) is 13.0 Å². The van der Waals surface area contributed by atoms with Gasteiger partial charge in [0, 0.05) is 18.7 Å². The quantitative estimate of drug-likeness (QED) is 0.538. The van der Waals surface area contributed by atoms with Crippen LogP contribution in [0, 0.1) is 0 Å². The first-order valence-electron chi connectivity index (χ1n) is 5.50. The topological polar surface area (TPSA) is 58.2 Å². The lowest BCUT2D eigenvalue weighted by atomic mass is 10.2. The molecule has 0 aliphatic carbocycles. The number of para-hydroxylation sites is 1. The highest BCUT2D eigenvalue weighted by Crippen LogP contribution is 2.06. The molecule has 0 unspecified atom stereocenters. The first-order valence-corrected chi connectivity index (χ1v) is 5.95. The molecule has 0 radical (unpaired) electrons. The molecule has 0 saturated carbocycles. The second-order valence-corrected chi connectivity index (χ2v) is 4.01. The SMILES string of the molecule is O=C(S)NCCCCC(=O)Nc1ccccc1. The Morgan fingerprint density at radius 2 is 1.82 bits per heavy atom. The smallest absolute Gasteiger partial charge is 0.275 e. The zero-order valence-corrected chi connectivity index (χ0v) is 10.4. The van der Waals surface area contributed by atoms with E-state index in [4.69, 9.17) is 0 Å². The Hall–Kier alpha value is -1.49. The van der Waals surface area contributed by atoms with E-state index in [1.807, 2.05) is 30.3 Å². The number of carbonyl (C=O) groups is 2. The van der Waals surface area contributed by atoms with E-state index in [0.717, 1.165) is 18.5 Å². The van der Waals surface area contributed by atoms with Gasteiger partial charge in [-0.1, -0.05) is 30.8 Å². The van der Waals surface area contributed by atoms with E-state index in [2.05, 4.69) is 23.3 Å². The number of benzene rings is 1. The Morgan fingerprint density at radius 1 is 1.12 bits per heavy atom. The van der Waals surface area contributed by atoms with Gasteiger partial charge in [0.2, 0.25) is 5.91 Å². The molecule has 5 heteroatoms. The highest BCUT2D eigenvalue weighted by molar-refractivity contribution is 7.96. The molecule has 1 rings (SSSR count). The summed E-state index contributed by atoms with van der Waals surface area (Å²) in [6, 6.07) is 9.34. The Kier molecular flexibility index (Phi) is 6.17. The lowest BCUT2D eigenvalue weighted by Crippen LogP contribution is -2.18. The van der Waals surface area contributed by atoms with E-state index >= 15 is 0 Å². The monoisotopic (exact) mass is 252 g/mol. The van der Waals surface area contributed by atoms with Gasteiger partial charge in [-0.3, -0.25) is 9.59 Å². The molecule has 0 heterocycles. The van der Waals surface area contributed by atoms with Crippen LogP contribution in [0.1, 0.15) is 19.3 Å². The number of amides is 2. The third-order valence-electron chi connectivity index (χ3n) is 2.16. The fourth-order valence-corrected chi connectivity index (χ4v) is 1.46. The second-order valence-electron chi connectivity index (χ2n) is 3.60. The predicted octanol–water partition coefficient (Wildman–Crippen LogP) is 2.43. The summed E-state index contributed by atoms with van der Waals surface area (Å²) >= 11 is 3.58. The van der Waals surface area contributed by atoms with Crippen LogP contribution in [0.5, 0.6) is 0 Å². The summed E-state index contributed by atoms with van der Waals surface area (Å²) in [5.41, 5.74) is 0.807. The number of unbranched alkanes of at least 4 members (excludes halogenated alkanes) is 1. The first-order chi connectivity index (χ1) is 8.18. The van der Waals surface area contributed by atoms with Gasteiger partial charge in [0.25, 0.3) is 5.24 Å². The van der Waals surface area contributed by atoms with Crippen LogP contribution in [0.3, 0.4) is 0 Å². The molecule has 2 N–H and O–H groups in total. The third kappa shape index (κ3) is 6.63. The molecule has 0 spiro atoms. The molecule has 0 aliphatic rings. The van der Waals surface area contributed by atoms with Crippen molar-refractivity contribution in [1.29, 1.82) is 0 Å². The maximum Gasteiger partial charge on any atom is 0.275 e. The van der Waals surface area contributed by atoms with Crippen molar-refractivity contribution in [2.75, 3.05) is 11.9 Å². The number of nitrogens with one attached hydrogen (secondary N) is 2. The molecule has 2 amide bonds. The van der Waals surface area contributed by atoms with Gasteiger partial charge in [0.1, 0.15) is 0 Å². The van der Waals surface area contributed by atoms with E-state index in [9.17, 15) is 9.59 Å². The average Bonchev–Trinajstić information content (AvgIpc) is 2.29. The molecular weight excluding hydrogens is 236 g/mol. The van der Waals surface area contributed by atoms with E-state index < -0.39 is 0 Å². The van der Waals surface area contributed by atoms with Crippen LogP contribution in [-0.2, 0) is 4.79 Å². The normalized spacial score (nSPS) is 9.71. The van der Waals surface area contributed by atoms with Crippen molar-refractivity contribution < 1.29 is 9.59 Å². The number of anilines is 1. The van der Waals surface area contributed by atoms with Gasteiger partial charge in [0.15, 0.2) is 0 Å². The summed E-state index contributed by atoms with van der Waals surface area (Å²) in [4.78, 5) is 22.0. The van der Waals surface area contributed by atoms with Crippen molar-refractivity contribution in [3.8, 4) is 0 Å². The Morgan fingerprint density at radius 3 is 2.47 bits per heavy atom. The van der Waals surface area contributed by atoms with Crippen molar-refractivity contribution in [3.05, 3.63) is 30.3 Å². The number of rotatable bonds is 6. The summed E-state index contributed by atoms with van der Waals surface area (Å²) in [6.07, 6.45) is 1.97. The average molecular weight is 252 g/mol. The van der Waals surface area contributed by atoms with Crippen LogP contribution < -0.4 is 10.6 Å². The van der Waals surface area contributed by atoms with Crippen LogP contribution in [0.25, 0.3) is 0 Å². The third-order valence-corrected chi connectivity index (χ3v) is 2.32. The van der Waals surface area contributed by atoms with Crippen LogP contribution in [0.2, 0.25) is 0 Å². The van der Waals surface area contributed by atoms with Gasteiger partial charge in [-0.15, -0.1) is 0 Å². The van der Waals surface area contributed by atoms with Crippen LogP contribution >= 0.6 is 12.6 Å². The molecule has 0 saturated heterocycles. The lowest BCUT2D eigenvalue weighted by Gasteiger charge is -2.04. The van der Waals surface area contributed by atoms with E-state index in [1.54, 1.807) is 0 Å². The molecule has 1 aromatic carbocycles. The maximum absolute atomic E-state index is 11.5. The molecule has 0 aliphatic heterocycles. The highest BCUT2D eigenvalue weighted by atomic mass is 32.1. The minimum Gasteiger partial charge on any atom is -0.347 e. The van der Waals surface area contributed by atoms with Crippen molar-refractivity contribution in [2.24, 2.45) is 0 Å². The summed E-state index contributed by atoms with van der Waals surface area (Å²) < 4.78 is 0. The van der Waals surface area contributed by atoms with Crippen molar-refractivity contribution >= 4 is 29.5 Å². The minimum atomic E-state index is -0.335. The molecule has 17 heavy (non-hydrogen) atoms. The molecule has 0 bridgehead atoms. The number of thiol groups is 1. The lowest BCUT2D eigenvalue weighted by molar-refractivity contribution is -0.116. The largest absolute Gasteiger partial charge is 0.347 e. The number of hydrogen-bond donors (Lipinski definition) is 3. The second kappa shape index (κ2) is 7.73. The minimum absolute atomic E-state index is 0.00611. The summed E-state index contributed by atoms with van der Waals surface area (Å²) in [5.74, 6) is -0.00611. The number of hydrogen-bond acceptors (Lipinski definition) is 2. The molecule has 92 valence electrons. The standard InChI is InChI=1S/C12H16N2O2S/c15-11(8-4-5-9-13-12(16)17)14-10-6-2-1-3-7-10/h1-3,6-7H,4-5,8-9H2,(H,14,15)(H2,13,16,17). The van der Waals surface area contributed by atoms with Crippen molar-refractivity contribution in [3.63, 3.8) is 0 Å². The van der Waals surface area contributed by atoms with Crippen molar-refractivity contribution in [1.82, 2.24) is 5.32 Å². The maximum atomic E-state index is 11.5. The number of carbonyl (C=O) groups excluding carboxylic acids is 2. The fraction of sp³-hybridized carbons (Fsp3) is 0.333. The molecule has 0 atom stereocenters. The van der Waals surface area contributed by atoms with Gasteiger partial charge >= 0.3 is 0 Å². The van der Waals surface area contributed by atoms with Gasteiger partial charge in [-0.05, 0) is 25.0 Å². The Balaban J connectivity index is 2.12. The molecule has 1 aromatic rings. The molecule has 0 fully saturated rings. The molecular formula is C12H16N2O2S. The molecule has 0 aromatic heterocycles. The summed E-state index contributed by atoms with van der Waals surface area (Å²) in [5, 5.41) is 5.03. The first kappa shape index (κ1) is 13.6. The highest BCUT2D eigenvalue weighted by Gasteiger charge is 2.01. The van der Waals surface area contributed by atoms with E-state index in [-0.39, 0.29) is 11.1 Å². The fourth-order valence-electron chi connectivity index (χ4n) is 1.35.